The Bertz CT molecular complexity index is 735. The summed E-state index contributed by atoms with van der Waals surface area (Å²) in [5.74, 6) is -0.997. The highest BCUT2D eigenvalue weighted by Crippen LogP contribution is 2.34. The number of H-pyrrole nitrogens is 1. The predicted octanol–water partition coefficient (Wildman–Crippen LogP) is 3.47. The van der Waals surface area contributed by atoms with Crippen molar-refractivity contribution in [2.75, 3.05) is 0 Å². The maximum absolute atomic E-state index is 13.3. The second kappa shape index (κ2) is 5.31. The number of hydrogen-bond acceptors (Lipinski definition) is 2. The molecule has 112 valence electrons. The van der Waals surface area contributed by atoms with Gasteiger partial charge < -0.3 is 4.98 Å². The third-order valence-electron chi connectivity index (χ3n) is 3.08. The molecule has 0 atom stereocenters. The minimum Gasteiger partial charge on any atom is -0.310 e. The average Bonchev–Trinajstić information content (AvgIpc) is 2.41. The van der Waals surface area contributed by atoms with Crippen LogP contribution in [-0.2, 0) is 12.6 Å². The summed E-state index contributed by atoms with van der Waals surface area (Å²) in [5.41, 5.74) is -1.43. The van der Waals surface area contributed by atoms with Gasteiger partial charge in [-0.2, -0.15) is 13.2 Å². The molecule has 1 heterocycles. The molecule has 2 rings (SSSR count). The smallest absolute Gasteiger partial charge is 0.310 e. The van der Waals surface area contributed by atoms with E-state index in [0.29, 0.717) is 18.3 Å². The first-order valence-corrected chi connectivity index (χ1v) is 6.21. The molecule has 0 aliphatic rings. The molecule has 0 radical (unpaired) electrons. The Morgan fingerprint density at radius 2 is 1.95 bits per heavy atom. The highest BCUT2D eigenvalue weighted by atomic mass is 19.4. The van der Waals surface area contributed by atoms with Crippen LogP contribution in [0.5, 0.6) is 0 Å². The van der Waals surface area contributed by atoms with E-state index in [0.717, 1.165) is 6.07 Å². The van der Waals surface area contributed by atoms with Gasteiger partial charge in [-0.25, -0.2) is 9.37 Å². The van der Waals surface area contributed by atoms with Gasteiger partial charge in [0.05, 0.1) is 11.3 Å². The van der Waals surface area contributed by atoms with Crippen molar-refractivity contribution in [3.8, 4) is 11.3 Å². The van der Waals surface area contributed by atoms with Gasteiger partial charge in [-0.1, -0.05) is 6.92 Å². The maximum Gasteiger partial charge on any atom is 0.419 e. The molecule has 1 aromatic carbocycles. The number of nitrogens with one attached hydrogen (secondary N) is 1. The van der Waals surface area contributed by atoms with E-state index < -0.39 is 23.1 Å². The fraction of sp³-hybridized carbons (Fsp3) is 0.286. The van der Waals surface area contributed by atoms with E-state index in [1.165, 1.54) is 13.0 Å². The number of aromatic nitrogens is 2. The fourth-order valence-electron chi connectivity index (χ4n) is 1.92. The number of aromatic amines is 1. The van der Waals surface area contributed by atoms with E-state index >= 15 is 0 Å². The van der Waals surface area contributed by atoms with Crippen LogP contribution in [-0.4, -0.2) is 9.97 Å². The number of benzene rings is 1. The Morgan fingerprint density at radius 1 is 1.29 bits per heavy atom. The second-order valence-corrected chi connectivity index (χ2v) is 4.53. The van der Waals surface area contributed by atoms with Gasteiger partial charge in [0, 0.05) is 17.5 Å². The molecule has 0 aliphatic heterocycles. The van der Waals surface area contributed by atoms with Gasteiger partial charge in [-0.05, 0) is 25.1 Å². The van der Waals surface area contributed by atoms with Gasteiger partial charge in [0.15, 0.2) is 0 Å². The van der Waals surface area contributed by atoms with Crippen molar-refractivity contribution in [3.63, 3.8) is 0 Å². The highest BCUT2D eigenvalue weighted by molar-refractivity contribution is 5.63. The van der Waals surface area contributed by atoms with Crippen LogP contribution in [0.1, 0.15) is 23.9 Å². The Morgan fingerprint density at radius 3 is 2.52 bits per heavy atom. The maximum atomic E-state index is 13.3. The van der Waals surface area contributed by atoms with Gasteiger partial charge in [0.2, 0.25) is 0 Å². The summed E-state index contributed by atoms with van der Waals surface area (Å²) in [6.07, 6.45) is -4.38. The van der Waals surface area contributed by atoms with Crippen molar-refractivity contribution in [2.24, 2.45) is 0 Å². The van der Waals surface area contributed by atoms with Crippen molar-refractivity contribution in [1.82, 2.24) is 9.97 Å². The number of aryl methyl sites for hydroxylation is 1. The number of alkyl halides is 3. The molecule has 0 amide bonds. The van der Waals surface area contributed by atoms with Crippen LogP contribution >= 0.6 is 0 Å². The summed E-state index contributed by atoms with van der Waals surface area (Å²) < 4.78 is 51.5. The van der Waals surface area contributed by atoms with Crippen LogP contribution < -0.4 is 5.56 Å². The molecule has 0 saturated carbocycles. The Kier molecular flexibility index (Phi) is 3.85. The largest absolute Gasteiger partial charge is 0.419 e. The fourth-order valence-corrected chi connectivity index (χ4v) is 1.92. The van der Waals surface area contributed by atoms with Crippen molar-refractivity contribution in [2.45, 2.75) is 26.4 Å². The average molecular weight is 300 g/mol. The molecule has 3 nitrogen and oxygen atoms in total. The Hall–Kier alpha value is -2.18. The molecule has 7 heteroatoms. The molecule has 0 fully saturated rings. The molecule has 21 heavy (non-hydrogen) atoms. The molecule has 1 aromatic heterocycles. The first-order valence-electron chi connectivity index (χ1n) is 6.21. The van der Waals surface area contributed by atoms with Crippen LogP contribution in [0.25, 0.3) is 11.3 Å². The van der Waals surface area contributed by atoms with Gasteiger partial charge in [-0.15, -0.1) is 0 Å². The zero-order chi connectivity index (χ0) is 15.8. The Labute approximate surface area is 117 Å². The lowest BCUT2D eigenvalue weighted by atomic mass is 10.0. The van der Waals surface area contributed by atoms with Crippen molar-refractivity contribution >= 4 is 0 Å². The lowest BCUT2D eigenvalue weighted by Gasteiger charge is -2.11. The first kappa shape index (κ1) is 15.2. The Balaban J connectivity index is 2.68. The zero-order valence-electron chi connectivity index (χ0n) is 11.3. The predicted molar refractivity (Wildman–Crippen MR) is 69.4 cm³/mol. The summed E-state index contributed by atoms with van der Waals surface area (Å²) in [5, 5.41) is 0. The molecule has 0 spiro atoms. The third-order valence-corrected chi connectivity index (χ3v) is 3.08. The normalized spacial score (nSPS) is 11.7. The quantitative estimate of drug-likeness (QED) is 0.863. The van der Waals surface area contributed by atoms with Crippen LogP contribution in [0.3, 0.4) is 0 Å². The number of hydrogen-bond donors (Lipinski definition) is 1. The minimum absolute atomic E-state index is 0.0574. The van der Waals surface area contributed by atoms with Crippen molar-refractivity contribution < 1.29 is 17.6 Å². The first-order chi connectivity index (χ1) is 9.74. The minimum atomic E-state index is -4.80. The molecule has 0 aliphatic carbocycles. The topological polar surface area (TPSA) is 45.8 Å². The monoisotopic (exact) mass is 300 g/mol. The summed E-state index contributed by atoms with van der Waals surface area (Å²) in [7, 11) is 0. The van der Waals surface area contributed by atoms with E-state index in [1.54, 1.807) is 6.92 Å². The van der Waals surface area contributed by atoms with E-state index in [-0.39, 0.29) is 16.8 Å². The van der Waals surface area contributed by atoms with E-state index in [2.05, 4.69) is 9.97 Å². The van der Waals surface area contributed by atoms with Crippen molar-refractivity contribution in [1.29, 1.82) is 0 Å². The lowest BCUT2D eigenvalue weighted by Crippen LogP contribution is -2.16. The van der Waals surface area contributed by atoms with Crippen molar-refractivity contribution in [3.05, 3.63) is 51.3 Å². The second-order valence-electron chi connectivity index (χ2n) is 4.53. The van der Waals surface area contributed by atoms with E-state index in [1.807, 2.05) is 0 Å². The lowest BCUT2D eigenvalue weighted by molar-refractivity contribution is -0.139. The van der Waals surface area contributed by atoms with Crippen LogP contribution in [0.4, 0.5) is 17.6 Å². The zero-order valence-corrected chi connectivity index (χ0v) is 11.3. The van der Waals surface area contributed by atoms with Crippen LogP contribution in [0.2, 0.25) is 0 Å². The molecular weight excluding hydrogens is 288 g/mol. The molecule has 2 aromatic rings. The van der Waals surface area contributed by atoms with Gasteiger partial charge in [-0.3, -0.25) is 4.79 Å². The molecule has 1 N–H and O–H groups in total. The summed E-state index contributed by atoms with van der Waals surface area (Å²) in [6.45, 7) is 3.21. The third kappa shape index (κ3) is 2.96. The SMILES string of the molecule is CCc1nc(-c2ccc(F)c(C(F)(F)F)c2)c(C)c(=O)[nH]1. The van der Waals surface area contributed by atoms with Gasteiger partial charge in [0.1, 0.15) is 11.6 Å². The van der Waals surface area contributed by atoms with Crippen LogP contribution in [0, 0.1) is 12.7 Å². The van der Waals surface area contributed by atoms with Gasteiger partial charge >= 0.3 is 6.18 Å². The molecule has 0 bridgehead atoms. The molecule has 0 saturated heterocycles. The van der Waals surface area contributed by atoms with Gasteiger partial charge in [0.25, 0.3) is 5.56 Å². The molecule has 0 unspecified atom stereocenters. The van der Waals surface area contributed by atoms with E-state index in [4.69, 9.17) is 0 Å². The molecular formula is C14H12F4N2O. The van der Waals surface area contributed by atoms with E-state index in [9.17, 15) is 22.4 Å². The summed E-state index contributed by atoms with van der Waals surface area (Å²) in [4.78, 5) is 18.4. The number of nitrogens with zero attached hydrogens (tertiary/aromatic N) is 1. The van der Waals surface area contributed by atoms with Crippen LogP contribution in [0.15, 0.2) is 23.0 Å². The highest BCUT2D eigenvalue weighted by Gasteiger charge is 2.34. The summed E-state index contributed by atoms with van der Waals surface area (Å²) >= 11 is 0. The number of rotatable bonds is 2. The standard InChI is InChI=1S/C14H12F4N2O/c1-3-11-19-12(7(2)13(21)20-11)8-4-5-10(15)9(6-8)14(16,17)18/h4-6H,3H2,1-2H3,(H,19,20,21). The number of halogens is 4. The summed E-state index contributed by atoms with van der Waals surface area (Å²) in [6, 6.07) is 2.58.